The maximum absolute atomic E-state index is 6.09. The summed E-state index contributed by atoms with van der Waals surface area (Å²) in [4.78, 5) is 2.71. The summed E-state index contributed by atoms with van der Waals surface area (Å²) in [5, 5.41) is 0. The monoisotopic (exact) mass is 238 g/mol. The Bertz CT molecular complexity index is 254. The molecule has 0 aromatic carbocycles. The topological polar surface area (TPSA) is 29.3 Å². The lowest BCUT2D eigenvalue weighted by Crippen LogP contribution is -2.64. The highest BCUT2D eigenvalue weighted by Gasteiger charge is 2.49. The third-order valence-corrected chi connectivity index (χ3v) is 5.39. The molecule has 17 heavy (non-hydrogen) atoms. The van der Waals surface area contributed by atoms with Crippen molar-refractivity contribution in [3.63, 3.8) is 0 Å². The van der Waals surface area contributed by atoms with Crippen molar-refractivity contribution in [2.45, 2.75) is 58.9 Å². The summed E-state index contributed by atoms with van der Waals surface area (Å²) in [6.45, 7) is 12.9. The molecule has 1 saturated carbocycles. The van der Waals surface area contributed by atoms with Gasteiger partial charge < -0.3 is 5.73 Å². The van der Waals surface area contributed by atoms with Gasteiger partial charge in [-0.25, -0.2) is 0 Å². The van der Waals surface area contributed by atoms with Crippen molar-refractivity contribution in [3.8, 4) is 0 Å². The van der Waals surface area contributed by atoms with Crippen molar-refractivity contribution >= 4 is 0 Å². The van der Waals surface area contributed by atoms with E-state index in [4.69, 9.17) is 5.73 Å². The molecule has 100 valence electrons. The number of hydrogen-bond acceptors (Lipinski definition) is 2. The van der Waals surface area contributed by atoms with Crippen molar-refractivity contribution in [1.82, 2.24) is 4.90 Å². The highest BCUT2D eigenvalue weighted by molar-refractivity contribution is 5.05. The van der Waals surface area contributed by atoms with E-state index in [2.05, 4.69) is 32.6 Å². The summed E-state index contributed by atoms with van der Waals surface area (Å²) in [5.41, 5.74) is 7.00. The zero-order valence-corrected chi connectivity index (χ0v) is 12.1. The molecule has 1 aliphatic heterocycles. The second-order valence-corrected chi connectivity index (χ2v) is 7.49. The summed E-state index contributed by atoms with van der Waals surface area (Å²) in [6.07, 6.45) is 5.34. The van der Waals surface area contributed by atoms with Crippen LogP contribution in [0.2, 0.25) is 0 Å². The van der Waals surface area contributed by atoms with E-state index in [1.54, 1.807) is 0 Å². The molecule has 0 radical (unpaired) electrons. The van der Waals surface area contributed by atoms with Crippen LogP contribution in [0.15, 0.2) is 0 Å². The quantitative estimate of drug-likeness (QED) is 0.819. The van der Waals surface area contributed by atoms with Crippen LogP contribution in [-0.4, -0.2) is 30.1 Å². The molecule has 0 unspecified atom stereocenters. The van der Waals surface area contributed by atoms with Gasteiger partial charge in [0, 0.05) is 12.1 Å². The zero-order chi connectivity index (χ0) is 12.7. The highest BCUT2D eigenvalue weighted by atomic mass is 15.2. The summed E-state index contributed by atoms with van der Waals surface area (Å²) in [7, 11) is 0. The molecular formula is C15H30N2. The summed E-state index contributed by atoms with van der Waals surface area (Å²) in [5.74, 6) is 1.74. The molecule has 0 atom stereocenters. The average Bonchev–Trinajstić information content (AvgIpc) is 2.18. The van der Waals surface area contributed by atoms with Gasteiger partial charge in [0.25, 0.3) is 0 Å². The maximum atomic E-state index is 6.09. The Morgan fingerprint density at radius 2 is 1.71 bits per heavy atom. The molecule has 0 spiro atoms. The Kier molecular flexibility index (Phi) is 3.57. The summed E-state index contributed by atoms with van der Waals surface area (Å²) < 4.78 is 0. The van der Waals surface area contributed by atoms with E-state index in [1.165, 1.54) is 38.8 Å². The Morgan fingerprint density at radius 3 is 2.12 bits per heavy atom. The molecule has 2 aliphatic rings. The van der Waals surface area contributed by atoms with Gasteiger partial charge in [0.1, 0.15) is 0 Å². The van der Waals surface area contributed by atoms with E-state index in [0.29, 0.717) is 11.0 Å². The first-order valence-corrected chi connectivity index (χ1v) is 7.34. The molecule has 2 heteroatoms. The molecule has 2 fully saturated rings. The fourth-order valence-electron chi connectivity index (χ4n) is 3.53. The predicted octanol–water partition coefficient (Wildman–Crippen LogP) is 2.87. The first-order chi connectivity index (χ1) is 7.88. The van der Waals surface area contributed by atoms with Crippen LogP contribution in [0.1, 0.15) is 53.4 Å². The lowest BCUT2D eigenvalue weighted by Gasteiger charge is -2.57. The van der Waals surface area contributed by atoms with Gasteiger partial charge in [0.2, 0.25) is 0 Å². The minimum atomic E-state index is 0.367. The van der Waals surface area contributed by atoms with Crippen molar-refractivity contribution in [2.24, 2.45) is 23.0 Å². The van der Waals surface area contributed by atoms with E-state index in [0.717, 1.165) is 18.4 Å². The minimum Gasteiger partial charge on any atom is -0.329 e. The third kappa shape index (κ3) is 2.53. The lowest BCUT2D eigenvalue weighted by atomic mass is 9.62. The molecular weight excluding hydrogens is 208 g/mol. The average molecular weight is 238 g/mol. The predicted molar refractivity (Wildman–Crippen MR) is 73.9 cm³/mol. The van der Waals surface area contributed by atoms with E-state index in [9.17, 15) is 0 Å². The van der Waals surface area contributed by atoms with Gasteiger partial charge in [-0.1, -0.05) is 27.7 Å². The van der Waals surface area contributed by atoms with Gasteiger partial charge in [-0.05, 0) is 56.0 Å². The molecule has 1 saturated heterocycles. The van der Waals surface area contributed by atoms with E-state index in [1.807, 2.05) is 0 Å². The molecule has 0 aromatic heterocycles. The second-order valence-electron chi connectivity index (χ2n) is 7.49. The standard InChI is InChI=1S/C15H30N2/c1-12(2)13-9-15(10-13,11-16)17-7-5-14(3,4)6-8-17/h12-13H,5-11,16H2,1-4H3. The lowest BCUT2D eigenvalue weighted by molar-refractivity contribution is -0.0598. The van der Waals surface area contributed by atoms with Crippen LogP contribution in [0, 0.1) is 17.3 Å². The van der Waals surface area contributed by atoms with Crippen LogP contribution in [-0.2, 0) is 0 Å². The molecule has 0 amide bonds. The van der Waals surface area contributed by atoms with E-state index >= 15 is 0 Å². The molecule has 1 aliphatic carbocycles. The summed E-state index contributed by atoms with van der Waals surface area (Å²) >= 11 is 0. The maximum Gasteiger partial charge on any atom is 0.0337 e. The number of likely N-dealkylation sites (tertiary alicyclic amines) is 1. The van der Waals surface area contributed by atoms with Gasteiger partial charge in [0.15, 0.2) is 0 Å². The highest BCUT2D eigenvalue weighted by Crippen LogP contribution is 2.47. The fraction of sp³-hybridized carbons (Fsp3) is 1.00. The van der Waals surface area contributed by atoms with Crippen LogP contribution in [0.5, 0.6) is 0 Å². The first kappa shape index (κ1) is 13.4. The molecule has 0 aromatic rings. The molecule has 2 nitrogen and oxygen atoms in total. The van der Waals surface area contributed by atoms with Crippen molar-refractivity contribution in [2.75, 3.05) is 19.6 Å². The molecule has 0 bridgehead atoms. The van der Waals surface area contributed by atoms with Crippen molar-refractivity contribution in [3.05, 3.63) is 0 Å². The molecule has 2 rings (SSSR count). The van der Waals surface area contributed by atoms with Crippen LogP contribution < -0.4 is 5.73 Å². The largest absolute Gasteiger partial charge is 0.329 e. The SMILES string of the molecule is CC(C)C1CC(CN)(N2CCC(C)(C)CC2)C1. The Labute approximate surface area is 107 Å². The van der Waals surface area contributed by atoms with E-state index < -0.39 is 0 Å². The summed E-state index contributed by atoms with van der Waals surface area (Å²) in [6, 6.07) is 0. The van der Waals surface area contributed by atoms with Crippen LogP contribution >= 0.6 is 0 Å². The van der Waals surface area contributed by atoms with Gasteiger partial charge in [0.05, 0.1) is 0 Å². The van der Waals surface area contributed by atoms with Crippen LogP contribution in [0.3, 0.4) is 0 Å². The number of nitrogens with two attached hydrogens (primary N) is 1. The smallest absolute Gasteiger partial charge is 0.0337 e. The van der Waals surface area contributed by atoms with Crippen molar-refractivity contribution in [1.29, 1.82) is 0 Å². The van der Waals surface area contributed by atoms with Gasteiger partial charge in [-0.2, -0.15) is 0 Å². The zero-order valence-electron chi connectivity index (χ0n) is 12.1. The second kappa shape index (κ2) is 4.55. The fourth-order valence-corrected chi connectivity index (χ4v) is 3.53. The van der Waals surface area contributed by atoms with Gasteiger partial charge in [-0.3, -0.25) is 4.90 Å². The Balaban J connectivity index is 1.93. The van der Waals surface area contributed by atoms with Crippen LogP contribution in [0.25, 0.3) is 0 Å². The Hall–Kier alpha value is -0.0800. The number of nitrogens with zero attached hydrogens (tertiary/aromatic N) is 1. The van der Waals surface area contributed by atoms with Gasteiger partial charge >= 0.3 is 0 Å². The number of rotatable bonds is 3. The van der Waals surface area contributed by atoms with Crippen molar-refractivity contribution < 1.29 is 0 Å². The van der Waals surface area contributed by atoms with Gasteiger partial charge in [-0.15, -0.1) is 0 Å². The first-order valence-electron chi connectivity index (χ1n) is 7.34. The molecule has 1 heterocycles. The third-order valence-electron chi connectivity index (χ3n) is 5.39. The number of hydrogen-bond donors (Lipinski definition) is 1. The van der Waals surface area contributed by atoms with Crippen LogP contribution in [0.4, 0.5) is 0 Å². The van der Waals surface area contributed by atoms with E-state index in [-0.39, 0.29) is 0 Å². The Morgan fingerprint density at radius 1 is 1.18 bits per heavy atom. The molecule has 2 N–H and O–H groups in total. The minimum absolute atomic E-state index is 0.367. The normalized spacial score (nSPS) is 38.1. The number of piperidine rings is 1.